The Hall–Kier alpha value is -9.96. The SMILES string of the molecule is C.C.CCCCCCCC.CCCCCCCC.CCCCN(CCCC)OS(=O)(=O)c1cc(S(=O)(=O)c2ccc(Oc3ccc(C(C)(C)c4ccc(OC)cc4)cc3)c(S(=O)(=O)ON(CCCC)CCCC)c2)ccc1Oc1ccc(C(C)(C)c2ccc(C)cc2)cc1.CCCC[Si](C)(C)OC(C)(C)CCc1ccc(COc2ccc(C(C)(C)c3ccc(Oc4ccc(S(=O)(=O)c5ccc(OC)cc5)cc4)cc3)cc2)cc1. The summed E-state index contributed by atoms with van der Waals surface area (Å²) in [6.07, 6.45) is 27.2. The second-order valence-corrected chi connectivity index (χ2v) is 51.8. The predicted molar refractivity (Wildman–Crippen MR) is 612 cm³/mol. The molecule has 0 unspecified atom stereocenters. The minimum Gasteiger partial charge on any atom is -0.497 e. The largest absolute Gasteiger partial charge is 0.497 e. The lowest BCUT2D eigenvalue weighted by atomic mass is 9.78. The number of unbranched alkanes of at least 4 members (excludes halogenated alkanes) is 15. The average molecular weight is 2120 g/mol. The van der Waals surface area contributed by atoms with Crippen LogP contribution in [0.1, 0.15) is 330 Å². The van der Waals surface area contributed by atoms with Crippen molar-refractivity contribution in [1.82, 2.24) is 10.1 Å². The first-order valence-corrected chi connectivity index (χ1v) is 61.9. The van der Waals surface area contributed by atoms with Crippen LogP contribution >= 0.6 is 0 Å². The van der Waals surface area contributed by atoms with Gasteiger partial charge in [0.15, 0.2) is 8.32 Å². The molecule has 0 aromatic heterocycles. The summed E-state index contributed by atoms with van der Waals surface area (Å²) in [5, 5.41) is 2.76. The highest BCUT2D eigenvalue weighted by atomic mass is 32.2. The van der Waals surface area contributed by atoms with E-state index in [2.05, 4.69) is 176 Å². The molecule has 0 amide bonds. The zero-order valence-electron chi connectivity index (χ0n) is 91.4. The van der Waals surface area contributed by atoms with Crippen molar-refractivity contribution in [3.05, 3.63) is 305 Å². The summed E-state index contributed by atoms with van der Waals surface area (Å²) in [6.45, 7) is 45.0. The van der Waals surface area contributed by atoms with Crippen LogP contribution in [0.5, 0.6) is 51.7 Å². The number of methoxy groups -OCH3 is 2. The summed E-state index contributed by atoms with van der Waals surface area (Å²) in [4.78, 5) is -1.58. The van der Waals surface area contributed by atoms with Gasteiger partial charge in [0.05, 0.1) is 39.4 Å². The third-order valence-corrected chi connectivity index (χ3v) is 35.3. The van der Waals surface area contributed by atoms with E-state index in [9.17, 15) is 33.7 Å². The van der Waals surface area contributed by atoms with Crippen molar-refractivity contribution in [1.29, 1.82) is 0 Å². The van der Waals surface area contributed by atoms with Crippen LogP contribution in [0.15, 0.2) is 284 Å². The highest BCUT2D eigenvalue weighted by Gasteiger charge is 2.36. The fraction of sp³-hybridized carbons (Fsp3) is 0.468. The summed E-state index contributed by atoms with van der Waals surface area (Å²) in [6, 6.07) is 76.7. The van der Waals surface area contributed by atoms with Crippen molar-refractivity contribution in [2.24, 2.45) is 0 Å². The Labute approximate surface area is 894 Å². The molecule has 11 rings (SSSR count). The van der Waals surface area contributed by atoms with Gasteiger partial charge in [-0.1, -0.05) is 349 Å². The van der Waals surface area contributed by atoms with Crippen LogP contribution in [0.2, 0.25) is 19.1 Å². The Balaban J connectivity index is 0.000000403. The fourth-order valence-electron chi connectivity index (χ4n) is 16.9. The summed E-state index contributed by atoms with van der Waals surface area (Å²) >= 11 is 0. The van der Waals surface area contributed by atoms with Crippen LogP contribution in [-0.2, 0) is 82.2 Å². The predicted octanol–water partition coefficient (Wildman–Crippen LogP) is 34.1. The molecule has 0 N–H and O–H groups in total. The third-order valence-electron chi connectivity index (χ3n) is 26.6. The number of hydrogen-bond donors (Lipinski definition) is 0. The topological polar surface area (TPSA) is 226 Å². The van der Waals surface area contributed by atoms with Gasteiger partial charge in [-0.25, -0.2) is 16.8 Å². The van der Waals surface area contributed by atoms with Crippen LogP contribution in [0.4, 0.5) is 0 Å². The quantitative estimate of drug-likeness (QED) is 0.0196. The van der Waals surface area contributed by atoms with Crippen LogP contribution < -0.4 is 28.4 Å². The lowest BCUT2D eigenvalue weighted by molar-refractivity contribution is -0.0535. The number of nitrogens with zero attached hydrogens (tertiary/aromatic N) is 2. The maximum absolute atomic E-state index is 14.9. The Morgan fingerprint density at radius 3 is 0.885 bits per heavy atom. The van der Waals surface area contributed by atoms with Gasteiger partial charge < -0.3 is 32.8 Å². The van der Waals surface area contributed by atoms with Crippen molar-refractivity contribution in [3.8, 4) is 51.7 Å². The number of benzene rings is 11. The second-order valence-electron chi connectivity index (χ2n) is 40.7. The smallest absolute Gasteiger partial charge is 0.316 e. The minimum atomic E-state index is -4.76. The lowest BCUT2D eigenvalue weighted by Crippen LogP contribution is -2.41. The van der Waals surface area contributed by atoms with Gasteiger partial charge in [0.25, 0.3) is 0 Å². The molecule has 0 spiro atoms. The molecule has 0 fully saturated rings. The monoisotopic (exact) mass is 2120 g/mol. The molecule has 0 saturated carbocycles. The van der Waals surface area contributed by atoms with Crippen molar-refractivity contribution in [2.45, 2.75) is 371 Å². The highest BCUT2D eigenvalue weighted by Crippen LogP contribution is 2.43. The lowest BCUT2D eigenvalue weighted by Gasteiger charge is -2.35. The van der Waals surface area contributed by atoms with Crippen LogP contribution in [-0.4, -0.2) is 98.1 Å². The van der Waals surface area contributed by atoms with E-state index in [4.69, 9.17) is 41.4 Å². The van der Waals surface area contributed by atoms with Gasteiger partial charge in [-0.2, -0.15) is 35.5 Å². The molecule has 11 aromatic rings. The van der Waals surface area contributed by atoms with Crippen LogP contribution in [0.3, 0.4) is 0 Å². The molecule has 0 atom stereocenters. The Morgan fingerprint density at radius 1 is 0.297 bits per heavy atom. The molecule has 24 heteroatoms. The molecular weight excluding hydrogens is 1950 g/mol. The number of aryl methyl sites for hydroxylation is 2. The molecule has 19 nitrogen and oxygen atoms in total. The maximum Gasteiger partial charge on any atom is 0.316 e. The molecule has 0 aliphatic heterocycles. The molecular formula is C124H176N2O17S4Si. The van der Waals surface area contributed by atoms with Gasteiger partial charge in [-0.05, 0) is 269 Å². The van der Waals surface area contributed by atoms with Crippen molar-refractivity contribution >= 4 is 48.2 Å². The van der Waals surface area contributed by atoms with E-state index < -0.39 is 73.2 Å². The first-order chi connectivity index (χ1) is 69.5. The summed E-state index contributed by atoms with van der Waals surface area (Å²) in [7, 11) is -16.3. The van der Waals surface area contributed by atoms with Gasteiger partial charge in [0, 0.05) is 42.4 Å². The molecule has 0 radical (unpaired) electrons. The van der Waals surface area contributed by atoms with Crippen LogP contribution in [0, 0.1) is 6.92 Å². The first kappa shape index (κ1) is 127. The van der Waals surface area contributed by atoms with E-state index in [1.807, 2.05) is 107 Å². The summed E-state index contributed by atoms with van der Waals surface area (Å²) < 4.78 is 168. The molecule has 0 aliphatic rings. The first-order valence-electron chi connectivity index (χ1n) is 53.0. The fourth-order valence-corrected chi connectivity index (χ4v) is 24.8. The van der Waals surface area contributed by atoms with E-state index in [0.717, 1.165) is 101 Å². The molecule has 0 bridgehead atoms. The normalized spacial score (nSPS) is 12.0. The Bertz CT molecular complexity index is 6140. The molecule has 0 aliphatic carbocycles. The Kier molecular flexibility index (Phi) is 52.7. The zero-order valence-corrected chi connectivity index (χ0v) is 95.7. The zero-order chi connectivity index (χ0) is 107. The van der Waals surface area contributed by atoms with Gasteiger partial charge in [-0.15, -0.1) is 0 Å². The number of hydrogen-bond acceptors (Lipinski definition) is 19. The van der Waals surface area contributed by atoms with Crippen molar-refractivity contribution in [3.63, 3.8) is 0 Å². The number of hydroxylamine groups is 4. The summed E-state index contributed by atoms with van der Waals surface area (Å²) in [5.41, 5.74) is 8.87. The van der Waals surface area contributed by atoms with Gasteiger partial charge >= 0.3 is 20.2 Å². The molecule has 148 heavy (non-hydrogen) atoms. The highest BCUT2D eigenvalue weighted by molar-refractivity contribution is 7.92. The number of ether oxygens (including phenoxy) is 6. The van der Waals surface area contributed by atoms with Crippen LogP contribution in [0.25, 0.3) is 0 Å². The van der Waals surface area contributed by atoms with E-state index in [1.165, 1.54) is 141 Å². The molecule has 812 valence electrons. The van der Waals surface area contributed by atoms with Gasteiger partial charge in [-0.3, -0.25) is 0 Å². The molecule has 0 heterocycles. The maximum atomic E-state index is 14.9. The van der Waals surface area contributed by atoms with E-state index in [0.29, 0.717) is 81.5 Å². The number of rotatable bonds is 57. The Morgan fingerprint density at radius 2 is 0.568 bits per heavy atom. The second kappa shape index (κ2) is 61.5. The van der Waals surface area contributed by atoms with E-state index in [1.54, 1.807) is 87.0 Å². The number of sulfone groups is 2. The molecule has 11 aromatic carbocycles. The van der Waals surface area contributed by atoms with Gasteiger partial charge in [0.2, 0.25) is 19.7 Å². The average Bonchev–Trinajstić information content (AvgIpc) is 0.754. The molecule has 0 saturated heterocycles. The third kappa shape index (κ3) is 39.1. The van der Waals surface area contributed by atoms with E-state index >= 15 is 0 Å². The van der Waals surface area contributed by atoms with E-state index in [-0.39, 0.29) is 58.3 Å². The summed E-state index contributed by atoms with van der Waals surface area (Å²) in [5.74, 6) is 3.63. The standard InChI is InChI=1S/C60H76N2O11S3.C46H56O6SSi.2C8H18.2CH4/c1-11-15-39-61(40-16-12-2)72-75(65,66)57-43-53(35-37-55(57)70-51-31-25-48(26-32-51)59(6,7)46-21-19-45(5)20-22-46)74(63,64)54-36-38-56(58(44-54)76(67,68)73-62(41-17-13-3)42-18-14-4)71-52-33-27-49(28-34-52)60(8,9)47-23-29-50(69-10)30-24-47;1-9-10-33-54(7,8)52-45(2,3)32-31-35-11-13-36(14-12-35)34-50-40-19-15-37(16-20-40)46(4,5)38-17-21-41(22-18-38)51-42-25-29-44(30-26-42)53(47,48)43-27-23-39(49-6)24-28-43;2*1-3-5-7-8-6-4-2;;/h19-38,43-44H,11-18,39-42H2,1-10H3;11-30H,9-10,31-34H2,1-8H3;2*3-8H2,1-2H3;2*1H4. The van der Waals surface area contributed by atoms with Gasteiger partial charge in [0.1, 0.15) is 68.1 Å². The van der Waals surface area contributed by atoms with Crippen molar-refractivity contribution < 1.29 is 75.1 Å². The van der Waals surface area contributed by atoms with Crippen molar-refractivity contribution in [2.75, 3.05) is 40.4 Å². The minimum absolute atomic E-state index is 0.